The molecule has 94 valence electrons. The second kappa shape index (κ2) is 6.87. The highest BCUT2D eigenvalue weighted by Gasteiger charge is 2.07. The molecular formula is C12H16ClFN2S. The van der Waals surface area contributed by atoms with Crippen LogP contribution in [0.15, 0.2) is 23.2 Å². The van der Waals surface area contributed by atoms with Crippen molar-refractivity contribution in [3.05, 3.63) is 34.6 Å². The van der Waals surface area contributed by atoms with Gasteiger partial charge in [-0.15, -0.1) is 0 Å². The van der Waals surface area contributed by atoms with Crippen molar-refractivity contribution in [3.8, 4) is 0 Å². The number of rotatable bonds is 4. The van der Waals surface area contributed by atoms with Crippen molar-refractivity contribution in [2.75, 3.05) is 6.54 Å². The van der Waals surface area contributed by atoms with Crippen LogP contribution in [0.5, 0.6) is 0 Å². The number of hydrogen-bond donors (Lipinski definition) is 1. The van der Waals surface area contributed by atoms with Gasteiger partial charge in [-0.1, -0.05) is 43.3 Å². The first-order valence-corrected chi connectivity index (χ1v) is 6.72. The molecule has 1 rings (SSSR count). The standard InChI is InChI=1S/C12H16ClFN2S/c1-8(2)6-16-12(15)17-7-9-10(13)4-3-5-11(9)14/h3-5,8H,6-7H2,1-2H3,(H2,15,16). The lowest BCUT2D eigenvalue weighted by Crippen LogP contribution is -2.09. The molecule has 0 unspecified atom stereocenters. The third kappa shape index (κ3) is 4.96. The monoisotopic (exact) mass is 274 g/mol. The van der Waals surface area contributed by atoms with E-state index in [1.807, 2.05) is 0 Å². The Morgan fingerprint density at radius 1 is 1.53 bits per heavy atom. The number of hydrogen-bond acceptors (Lipinski definition) is 2. The van der Waals surface area contributed by atoms with Crippen LogP contribution in [0, 0.1) is 11.7 Å². The van der Waals surface area contributed by atoms with E-state index in [4.69, 9.17) is 17.3 Å². The Hall–Kier alpha value is -0.740. The summed E-state index contributed by atoms with van der Waals surface area (Å²) >= 11 is 7.21. The Morgan fingerprint density at radius 2 is 2.24 bits per heavy atom. The zero-order chi connectivity index (χ0) is 12.8. The zero-order valence-corrected chi connectivity index (χ0v) is 11.5. The normalized spacial score (nSPS) is 12.2. The van der Waals surface area contributed by atoms with E-state index in [1.165, 1.54) is 17.8 Å². The Morgan fingerprint density at radius 3 is 2.82 bits per heavy atom. The number of nitrogens with two attached hydrogens (primary N) is 1. The predicted molar refractivity (Wildman–Crippen MR) is 74.0 cm³/mol. The second-order valence-corrected chi connectivity index (χ2v) is 5.46. The molecule has 0 aliphatic heterocycles. The van der Waals surface area contributed by atoms with Gasteiger partial charge in [-0.3, -0.25) is 4.99 Å². The fourth-order valence-electron chi connectivity index (χ4n) is 1.13. The first kappa shape index (κ1) is 14.3. The predicted octanol–water partition coefficient (Wildman–Crippen LogP) is 3.68. The van der Waals surface area contributed by atoms with Crippen LogP contribution < -0.4 is 5.73 Å². The molecule has 0 heterocycles. The second-order valence-electron chi connectivity index (χ2n) is 4.06. The van der Waals surface area contributed by atoms with Gasteiger partial charge < -0.3 is 5.73 Å². The maximum absolute atomic E-state index is 13.4. The van der Waals surface area contributed by atoms with Gasteiger partial charge in [-0.05, 0) is 18.1 Å². The Balaban J connectivity index is 2.58. The lowest BCUT2D eigenvalue weighted by atomic mass is 10.2. The summed E-state index contributed by atoms with van der Waals surface area (Å²) in [5.74, 6) is 0.562. The van der Waals surface area contributed by atoms with Crippen molar-refractivity contribution in [2.24, 2.45) is 16.6 Å². The van der Waals surface area contributed by atoms with E-state index in [1.54, 1.807) is 12.1 Å². The SMILES string of the molecule is CC(C)CN=C(N)SCc1c(F)cccc1Cl. The zero-order valence-electron chi connectivity index (χ0n) is 9.91. The van der Waals surface area contributed by atoms with E-state index < -0.39 is 0 Å². The molecule has 0 atom stereocenters. The van der Waals surface area contributed by atoms with Crippen molar-refractivity contribution < 1.29 is 4.39 Å². The van der Waals surface area contributed by atoms with E-state index in [0.29, 0.717) is 34.0 Å². The molecule has 2 N–H and O–H groups in total. The summed E-state index contributed by atoms with van der Waals surface area (Å²) < 4.78 is 13.4. The van der Waals surface area contributed by atoms with Gasteiger partial charge in [0.1, 0.15) is 5.82 Å². The largest absolute Gasteiger partial charge is 0.379 e. The van der Waals surface area contributed by atoms with Gasteiger partial charge in [0.2, 0.25) is 0 Å². The number of halogens is 2. The highest BCUT2D eigenvalue weighted by Crippen LogP contribution is 2.23. The van der Waals surface area contributed by atoms with Gasteiger partial charge in [0, 0.05) is 22.9 Å². The third-order valence-corrected chi connectivity index (χ3v) is 3.25. The minimum atomic E-state index is -0.304. The number of thioether (sulfide) groups is 1. The molecule has 0 bridgehead atoms. The van der Waals surface area contributed by atoms with Gasteiger partial charge in [0.05, 0.1) is 0 Å². The summed E-state index contributed by atoms with van der Waals surface area (Å²) in [4.78, 5) is 4.19. The molecule has 17 heavy (non-hydrogen) atoms. The molecule has 0 spiro atoms. The molecule has 0 aliphatic rings. The van der Waals surface area contributed by atoms with Gasteiger partial charge in [0.15, 0.2) is 5.17 Å². The van der Waals surface area contributed by atoms with E-state index in [2.05, 4.69) is 18.8 Å². The molecular weight excluding hydrogens is 259 g/mol. The third-order valence-electron chi connectivity index (χ3n) is 2.04. The van der Waals surface area contributed by atoms with Crippen LogP contribution in [-0.2, 0) is 5.75 Å². The summed E-state index contributed by atoms with van der Waals surface area (Å²) in [6.07, 6.45) is 0. The van der Waals surface area contributed by atoms with Crippen molar-refractivity contribution >= 4 is 28.5 Å². The van der Waals surface area contributed by atoms with Crippen LogP contribution in [-0.4, -0.2) is 11.7 Å². The molecule has 0 saturated carbocycles. The van der Waals surface area contributed by atoms with Crippen molar-refractivity contribution in [3.63, 3.8) is 0 Å². The van der Waals surface area contributed by atoms with Crippen LogP contribution in [0.2, 0.25) is 5.02 Å². The summed E-state index contributed by atoms with van der Waals surface area (Å²) in [7, 11) is 0. The minimum absolute atomic E-state index is 0.304. The maximum atomic E-state index is 13.4. The molecule has 1 aromatic rings. The quantitative estimate of drug-likeness (QED) is 0.672. The summed E-state index contributed by atoms with van der Waals surface area (Å²) in [6, 6.07) is 4.65. The highest BCUT2D eigenvalue weighted by molar-refractivity contribution is 8.13. The first-order chi connectivity index (χ1) is 8.00. The molecule has 0 radical (unpaired) electrons. The number of benzene rings is 1. The molecule has 0 aliphatic carbocycles. The van der Waals surface area contributed by atoms with E-state index in [-0.39, 0.29) is 5.82 Å². The summed E-state index contributed by atoms with van der Waals surface area (Å²) in [6.45, 7) is 4.81. The van der Waals surface area contributed by atoms with Gasteiger partial charge >= 0.3 is 0 Å². The van der Waals surface area contributed by atoms with Crippen LogP contribution in [0.25, 0.3) is 0 Å². The molecule has 0 aromatic heterocycles. The average molecular weight is 275 g/mol. The van der Waals surface area contributed by atoms with E-state index in [0.717, 1.165) is 0 Å². The average Bonchev–Trinajstić information content (AvgIpc) is 2.25. The Labute approximate surface area is 110 Å². The highest BCUT2D eigenvalue weighted by atomic mass is 35.5. The smallest absolute Gasteiger partial charge is 0.154 e. The van der Waals surface area contributed by atoms with Crippen LogP contribution in [0.1, 0.15) is 19.4 Å². The molecule has 5 heteroatoms. The number of aliphatic imine (C=N–C) groups is 1. The fourth-order valence-corrected chi connectivity index (χ4v) is 2.20. The maximum Gasteiger partial charge on any atom is 0.154 e. The van der Waals surface area contributed by atoms with Crippen LogP contribution in [0.4, 0.5) is 4.39 Å². The molecule has 0 fully saturated rings. The van der Waals surface area contributed by atoms with Crippen LogP contribution >= 0.6 is 23.4 Å². The van der Waals surface area contributed by atoms with E-state index in [9.17, 15) is 4.39 Å². The lowest BCUT2D eigenvalue weighted by molar-refractivity contribution is 0.617. The minimum Gasteiger partial charge on any atom is -0.379 e. The summed E-state index contributed by atoms with van der Waals surface area (Å²) in [5.41, 5.74) is 6.19. The lowest BCUT2D eigenvalue weighted by Gasteiger charge is -2.06. The Bertz CT molecular complexity index is 387. The van der Waals surface area contributed by atoms with Crippen molar-refractivity contribution in [2.45, 2.75) is 19.6 Å². The van der Waals surface area contributed by atoms with Crippen molar-refractivity contribution in [1.29, 1.82) is 0 Å². The molecule has 0 amide bonds. The molecule has 1 aromatic carbocycles. The molecule has 0 saturated heterocycles. The first-order valence-electron chi connectivity index (χ1n) is 5.36. The van der Waals surface area contributed by atoms with Gasteiger partial charge in [0.25, 0.3) is 0 Å². The summed E-state index contributed by atoms with van der Waals surface area (Å²) in [5, 5.41) is 0.896. The number of nitrogens with zero attached hydrogens (tertiary/aromatic N) is 1. The van der Waals surface area contributed by atoms with E-state index >= 15 is 0 Å². The van der Waals surface area contributed by atoms with Gasteiger partial charge in [-0.25, -0.2) is 4.39 Å². The van der Waals surface area contributed by atoms with Crippen molar-refractivity contribution in [1.82, 2.24) is 0 Å². The molecule has 2 nitrogen and oxygen atoms in total. The Kier molecular flexibility index (Phi) is 5.78. The van der Waals surface area contributed by atoms with Gasteiger partial charge in [-0.2, -0.15) is 0 Å². The number of amidine groups is 1. The van der Waals surface area contributed by atoms with Crippen LogP contribution in [0.3, 0.4) is 0 Å². The topological polar surface area (TPSA) is 38.4 Å². The fraction of sp³-hybridized carbons (Fsp3) is 0.417.